The van der Waals surface area contributed by atoms with Crippen LogP contribution in [0.4, 0.5) is 5.69 Å². The quantitative estimate of drug-likeness (QED) is 0.383. The second kappa shape index (κ2) is 10.2. The largest absolute Gasteiger partial charge is 0.271 e. The third kappa shape index (κ3) is 6.11. The number of hydrogen-bond donors (Lipinski definition) is 1. The van der Waals surface area contributed by atoms with Crippen LogP contribution in [0, 0.1) is 6.92 Å². The van der Waals surface area contributed by atoms with Crippen molar-refractivity contribution >= 4 is 27.3 Å². The average molecular weight is 478 g/mol. The van der Waals surface area contributed by atoms with Crippen LogP contribution in [0.25, 0.3) is 0 Å². The lowest BCUT2D eigenvalue weighted by Gasteiger charge is -2.24. The maximum atomic E-state index is 13.4. The molecule has 0 unspecified atom stereocenters. The van der Waals surface area contributed by atoms with Crippen molar-refractivity contribution in [3.8, 4) is 0 Å². The molecular weight excluding hydrogens is 446 g/mol. The molecule has 0 atom stereocenters. The summed E-state index contributed by atoms with van der Waals surface area (Å²) in [6, 6.07) is 23.1. The van der Waals surface area contributed by atoms with Gasteiger partial charge in [0.1, 0.15) is 6.54 Å². The molecule has 0 aliphatic rings. The molecule has 0 aliphatic heterocycles. The summed E-state index contributed by atoms with van der Waals surface area (Å²) in [4.78, 5) is 12.9. The lowest BCUT2D eigenvalue weighted by Crippen LogP contribution is -2.39. The first-order valence-corrected chi connectivity index (χ1v) is 12.5. The van der Waals surface area contributed by atoms with Crippen LogP contribution in [0.15, 0.2) is 88.9 Å². The summed E-state index contributed by atoms with van der Waals surface area (Å²) < 4.78 is 27.8. The Morgan fingerprint density at radius 2 is 1.59 bits per heavy atom. The Morgan fingerprint density at radius 3 is 2.18 bits per heavy atom. The maximum Gasteiger partial charge on any atom is 0.264 e. The Balaban J connectivity index is 1.82. The van der Waals surface area contributed by atoms with E-state index in [4.69, 9.17) is 0 Å². The van der Waals surface area contributed by atoms with E-state index in [0.717, 1.165) is 15.4 Å². The van der Waals surface area contributed by atoms with Crippen molar-refractivity contribution in [2.24, 2.45) is 5.10 Å². The zero-order valence-electron chi connectivity index (χ0n) is 20.2. The van der Waals surface area contributed by atoms with Gasteiger partial charge in [0, 0.05) is 0 Å². The van der Waals surface area contributed by atoms with E-state index in [9.17, 15) is 13.2 Å². The van der Waals surface area contributed by atoms with Gasteiger partial charge < -0.3 is 0 Å². The van der Waals surface area contributed by atoms with Gasteiger partial charge in [-0.1, -0.05) is 75.4 Å². The molecule has 3 aromatic rings. The van der Waals surface area contributed by atoms with Crippen LogP contribution in [-0.4, -0.2) is 26.6 Å². The Hall–Kier alpha value is -3.45. The summed E-state index contributed by atoms with van der Waals surface area (Å²) in [5.74, 6) is -0.535. The highest BCUT2D eigenvalue weighted by atomic mass is 32.2. The molecule has 0 saturated heterocycles. The number of nitrogens with zero attached hydrogens (tertiary/aromatic N) is 2. The highest BCUT2D eigenvalue weighted by Crippen LogP contribution is 2.24. The van der Waals surface area contributed by atoms with E-state index in [1.807, 2.05) is 37.3 Å². The minimum absolute atomic E-state index is 0.0429. The number of anilines is 1. The minimum atomic E-state index is -3.95. The van der Waals surface area contributed by atoms with Gasteiger partial charge in [-0.05, 0) is 60.2 Å². The predicted molar refractivity (Wildman–Crippen MR) is 138 cm³/mol. The summed E-state index contributed by atoms with van der Waals surface area (Å²) in [6.45, 7) is 9.70. The van der Waals surface area contributed by atoms with E-state index in [2.05, 4.69) is 31.3 Å². The van der Waals surface area contributed by atoms with Crippen molar-refractivity contribution in [2.45, 2.75) is 44.9 Å². The molecule has 1 N–H and O–H groups in total. The minimum Gasteiger partial charge on any atom is -0.271 e. The van der Waals surface area contributed by atoms with Crippen LogP contribution in [0.1, 0.15) is 44.4 Å². The summed E-state index contributed by atoms with van der Waals surface area (Å²) in [7, 11) is -3.95. The summed E-state index contributed by atoms with van der Waals surface area (Å²) in [5, 5.41) is 4.20. The number of nitrogens with one attached hydrogen (secondary N) is 1. The molecule has 3 aromatic carbocycles. The van der Waals surface area contributed by atoms with Crippen LogP contribution in [0.5, 0.6) is 0 Å². The monoisotopic (exact) mass is 477 g/mol. The molecule has 178 valence electrons. The Labute approximate surface area is 202 Å². The summed E-state index contributed by atoms with van der Waals surface area (Å²) in [5.41, 5.74) is 6.56. The van der Waals surface area contributed by atoms with Crippen LogP contribution >= 0.6 is 0 Å². The van der Waals surface area contributed by atoms with Gasteiger partial charge in [-0.3, -0.25) is 9.10 Å². The van der Waals surface area contributed by atoms with E-state index >= 15 is 0 Å². The molecule has 1 amide bonds. The van der Waals surface area contributed by atoms with Gasteiger partial charge in [0.15, 0.2) is 0 Å². The third-order valence-corrected chi connectivity index (χ3v) is 7.21. The molecule has 0 heterocycles. The average Bonchev–Trinajstić information content (AvgIpc) is 2.81. The van der Waals surface area contributed by atoms with E-state index in [0.29, 0.717) is 11.4 Å². The fourth-order valence-electron chi connectivity index (χ4n) is 3.41. The topological polar surface area (TPSA) is 78.8 Å². The molecule has 0 aliphatic carbocycles. The zero-order valence-corrected chi connectivity index (χ0v) is 21.1. The number of hydrazone groups is 1. The SMILES string of the molecule is C/C(=N/NC(=O)CN(c1cccc(C)c1)S(=O)(=O)c1ccccc1)c1ccc(C(C)(C)C)cc1. The number of benzene rings is 3. The second-order valence-corrected chi connectivity index (χ2v) is 11.1. The Kier molecular flexibility index (Phi) is 7.57. The first kappa shape index (κ1) is 25.2. The van der Waals surface area contributed by atoms with E-state index in [-0.39, 0.29) is 10.3 Å². The molecule has 0 bridgehead atoms. The number of carbonyl (C=O) groups excluding carboxylic acids is 1. The third-order valence-electron chi connectivity index (χ3n) is 5.43. The summed E-state index contributed by atoms with van der Waals surface area (Å²) >= 11 is 0. The summed E-state index contributed by atoms with van der Waals surface area (Å²) in [6.07, 6.45) is 0. The Bertz CT molecular complexity index is 1280. The molecule has 7 heteroatoms. The van der Waals surface area contributed by atoms with Gasteiger partial charge >= 0.3 is 0 Å². The predicted octanol–water partition coefficient (Wildman–Crippen LogP) is 5.03. The molecule has 6 nitrogen and oxygen atoms in total. The number of sulfonamides is 1. The van der Waals surface area contributed by atoms with E-state index in [1.165, 1.54) is 17.7 Å². The number of aryl methyl sites for hydroxylation is 1. The molecule has 0 radical (unpaired) electrons. The van der Waals surface area contributed by atoms with Gasteiger partial charge in [0.2, 0.25) is 0 Å². The lowest BCUT2D eigenvalue weighted by molar-refractivity contribution is -0.119. The number of amides is 1. The van der Waals surface area contributed by atoms with Crippen molar-refractivity contribution in [2.75, 3.05) is 10.8 Å². The van der Waals surface area contributed by atoms with Gasteiger partial charge in [0.25, 0.3) is 15.9 Å². The maximum absolute atomic E-state index is 13.4. The second-order valence-electron chi connectivity index (χ2n) is 9.22. The highest BCUT2D eigenvalue weighted by molar-refractivity contribution is 7.92. The lowest BCUT2D eigenvalue weighted by atomic mass is 9.86. The fourth-order valence-corrected chi connectivity index (χ4v) is 4.84. The number of rotatable bonds is 7. The van der Waals surface area contributed by atoms with Gasteiger partial charge in [-0.25, -0.2) is 13.8 Å². The van der Waals surface area contributed by atoms with E-state index < -0.39 is 22.5 Å². The van der Waals surface area contributed by atoms with Crippen LogP contribution in [0.2, 0.25) is 0 Å². The van der Waals surface area contributed by atoms with Crippen molar-refractivity contribution in [1.29, 1.82) is 0 Å². The molecule has 0 aromatic heterocycles. The van der Waals surface area contributed by atoms with Crippen molar-refractivity contribution in [3.05, 3.63) is 95.6 Å². The Morgan fingerprint density at radius 1 is 0.941 bits per heavy atom. The van der Waals surface area contributed by atoms with Crippen molar-refractivity contribution in [1.82, 2.24) is 5.43 Å². The molecule has 3 rings (SSSR count). The highest BCUT2D eigenvalue weighted by Gasteiger charge is 2.27. The molecule has 0 spiro atoms. The first-order chi connectivity index (χ1) is 16.0. The number of carbonyl (C=O) groups is 1. The molecule has 0 fully saturated rings. The van der Waals surface area contributed by atoms with Crippen molar-refractivity contribution < 1.29 is 13.2 Å². The van der Waals surface area contributed by atoms with Gasteiger partial charge in [-0.15, -0.1) is 0 Å². The normalized spacial score (nSPS) is 12.3. The van der Waals surface area contributed by atoms with Gasteiger partial charge in [-0.2, -0.15) is 5.10 Å². The van der Waals surface area contributed by atoms with Crippen molar-refractivity contribution in [3.63, 3.8) is 0 Å². The molecular formula is C27H31N3O3S. The molecule has 0 saturated carbocycles. The molecule has 34 heavy (non-hydrogen) atoms. The smallest absolute Gasteiger partial charge is 0.264 e. The first-order valence-electron chi connectivity index (χ1n) is 11.1. The van der Waals surface area contributed by atoms with Gasteiger partial charge in [0.05, 0.1) is 16.3 Å². The standard InChI is InChI=1S/C27H31N3O3S/c1-20-10-9-11-24(18-20)30(34(32,33)25-12-7-6-8-13-25)19-26(31)29-28-21(2)22-14-16-23(17-15-22)27(3,4)5/h6-18H,19H2,1-5H3,(H,29,31)/b28-21-. The van der Waals surface area contributed by atoms with E-state index in [1.54, 1.807) is 43.3 Å². The van der Waals surface area contributed by atoms with Crippen LogP contribution in [-0.2, 0) is 20.2 Å². The van der Waals surface area contributed by atoms with Crippen LogP contribution < -0.4 is 9.73 Å². The fraction of sp³-hybridized carbons (Fsp3) is 0.259. The van der Waals surface area contributed by atoms with Crippen LogP contribution in [0.3, 0.4) is 0 Å². The zero-order chi connectivity index (χ0) is 24.9. The number of hydrogen-bond acceptors (Lipinski definition) is 4.